The molecule has 194 valence electrons. The number of ether oxygens (including phenoxy) is 3. The van der Waals surface area contributed by atoms with Crippen LogP contribution in [0.2, 0.25) is 0 Å². The lowest BCUT2D eigenvalue weighted by Gasteiger charge is -2.39. The summed E-state index contributed by atoms with van der Waals surface area (Å²) in [6.45, 7) is 7.45. The third-order valence-corrected chi connectivity index (χ3v) is 7.32. The molecule has 2 heterocycles. The molecule has 0 spiro atoms. The number of dihydropyridines is 1. The molecule has 1 saturated heterocycles. The number of hydrogen-bond acceptors (Lipinski definition) is 6. The van der Waals surface area contributed by atoms with Gasteiger partial charge in [-0.1, -0.05) is 56.3 Å². The molecule has 2 aromatic carbocycles. The quantitative estimate of drug-likeness (QED) is 0.499. The van der Waals surface area contributed by atoms with Gasteiger partial charge in [0, 0.05) is 35.9 Å². The summed E-state index contributed by atoms with van der Waals surface area (Å²) in [5.41, 5.74) is 4.53. The molecule has 6 nitrogen and oxygen atoms in total. The number of benzene rings is 2. The van der Waals surface area contributed by atoms with E-state index >= 15 is 0 Å². The second-order valence-corrected chi connectivity index (χ2v) is 11.0. The molecule has 5 rings (SSSR count). The zero-order chi connectivity index (χ0) is 26.0. The number of nitrogens with one attached hydrogen (secondary N) is 1. The van der Waals surface area contributed by atoms with Crippen molar-refractivity contribution in [1.82, 2.24) is 5.32 Å². The first kappa shape index (κ1) is 25.3. The van der Waals surface area contributed by atoms with E-state index in [1.807, 2.05) is 61.5 Å². The summed E-state index contributed by atoms with van der Waals surface area (Å²) in [7, 11) is 0. The minimum Gasteiger partial charge on any atom is -0.489 e. The average molecular weight is 502 g/mol. The lowest BCUT2D eigenvalue weighted by Crippen LogP contribution is -2.39. The summed E-state index contributed by atoms with van der Waals surface area (Å²) in [6.07, 6.45) is 2.97. The molecule has 37 heavy (non-hydrogen) atoms. The lowest BCUT2D eigenvalue weighted by molar-refractivity contribution is -0.142. The molecule has 2 aromatic rings. The van der Waals surface area contributed by atoms with Crippen LogP contribution in [-0.2, 0) is 25.7 Å². The highest BCUT2D eigenvalue weighted by Gasteiger charge is 2.43. The summed E-state index contributed by atoms with van der Waals surface area (Å²) < 4.78 is 17.5. The molecular weight excluding hydrogens is 466 g/mol. The summed E-state index contributed by atoms with van der Waals surface area (Å²) in [5.74, 6) is -0.172. The van der Waals surface area contributed by atoms with Crippen LogP contribution in [0.25, 0.3) is 0 Å². The standard InChI is InChI=1S/C31H35NO5/c1-20-27(30(34)37-19-24-13-8-14-35-24)28(29-25(32-20)16-31(2,3)17-26(29)33)22-11-7-12-23(15-22)36-18-21-9-5-4-6-10-21/h4-7,9-12,15,24,28,32H,8,13-14,16-19H2,1-3H3. The van der Waals surface area contributed by atoms with Gasteiger partial charge >= 0.3 is 5.97 Å². The van der Waals surface area contributed by atoms with Crippen LogP contribution in [0.3, 0.4) is 0 Å². The van der Waals surface area contributed by atoms with E-state index in [4.69, 9.17) is 14.2 Å². The first-order valence-electron chi connectivity index (χ1n) is 13.1. The molecule has 3 aliphatic rings. The molecule has 0 aromatic heterocycles. The van der Waals surface area contributed by atoms with Crippen LogP contribution in [0.1, 0.15) is 63.5 Å². The first-order chi connectivity index (χ1) is 17.8. The van der Waals surface area contributed by atoms with Crippen molar-refractivity contribution in [2.75, 3.05) is 13.2 Å². The fourth-order valence-corrected chi connectivity index (χ4v) is 5.59. The van der Waals surface area contributed by atoms with E-state index in [2.05, 4.69) is 19.2 Å². The molecule has 0 saturated carbocycles. The molecule has 2 aliphatic heterocycles. The number of ketones is 1. The number of carbonyl (C=O) groups excluding carboxylic acids is 2. The zero-order valence-corrected chi connectivity index (χ0v) is 21.8. The highest BCUT2D eigenvalue weighted by Crippen LogP contribution is 2.47. The Kier molecular flexibility index (Phi) is 7.20. The van der Waals surface area contributed by atoms with E-state index in [-0.39, 0.29) is 23.9 Å². The van der Waals surface area contributed by atoms with Gasteiger partial charge in [0.05, 0.1) is 11.7 Å². The van der Waals surface area contributed by atoms with Gasteiger partial charge in [0.2, 0.25) is 0 Å². The number of Topliss-reactive ketones (excluding diaryl/α,β-unsaturated/α-hetero) is 1. The van der Waals surface area contributed by atoms with Crippen molar-refractivity contribution in [3.05, 3.63) is 88.3 Å². The molecule has 0 bridgehead atoms. The Morgan fingerprint density at radius 2 is 1.92 bits per heavy atom. The average Bonchev–Trinajstić information content (AvgIpc) is 3.39. The molecule has 1 aliphatic carbocycles. The summed E-state index contributed by atoms with van der Waals surface area (Å²) in [5, 5.41) is 3.40. The van der Waals surface area contributed by atoms with Crippen LogP contribution in [0, 0.1) is 5.41 Å². The van der Waals surface area contributed by atoms with Gasteiger partial charge < -0.3 is 19.5 Å². The highest BCUT2D eigenvalue weighted by molar-refractivity contribution is 6.04. The van der Waals surface area contributed by atoms with Crippen LogP contribution < -0.4 is 10.1 Å². The van der Waals surface area contributed by atoms with E-state index in [1.54, 1.807) is 0 Å². The topological polar surface area (TPSA) is 73.9 Å². The number of hydrogen-bond donors (Lipinski definition) is 1. The van der Waals surface area contributed by atoms with E-state index in [1.165, 1.54) is 0 Å². The van der Waals surface area contributed by atoms with Crippen LogP contribution in [0.15, 0.2) is 77.1 Å². The van der Waals surface area contributed by atoms with Crippen molar-refractivity contribution in [2.24, 2.45) is 5.41 Å². The Labute approximate surface area is 218 Å². The molecule has 0 radical (unpaired) electrons. The third kappa shape index (κ3) is 5.64. The molecule has 1 N–H and O–H groups in total. The van der Waals surface area contributed by atoms with E-state index in [0.717, 1.165) is 41.8 Å². The highest BCUT2D eigenvalue weighted by atomic mass is 16.6. The van der Waals surface area contributed by atoms with Crippen molar-refractivity contribution in [2.45, 2.75) is 65.1 Å². The largest absolute Gasteiger partial charge is 0.489 e. The van der Waals surface area contributed by atoms with Crippen molar-refractivity contribution >= 4 is 11.8 Å². The van der Waals surface area contributed by atoms with Crippen molar-refractivity contribution < 1.29 is 23.8 Å². The molecule has 2 unspecified atom stereocenters. The fraction of sp³-hybridized carbons (Fsp3) is 0.419. The van der Waals surface area contributed by atoms with Gasteiger partial charge in [-0.05, 0) is 54.9 Å². The van der Waals surface area contributed by atoms with Crippen LogP contribution >= 0.6 is 0 Å². The first-order valence-corrected chi connectivity index (χ1v) is 13.1. The molecule has 6 heteroatoms. The second-order valence-electron chi connectivity index (χ2n) is 11.0. The minimum atomic E-state index is -0.517. The number of carbonyl (C=O) groups is 2. The van der Waals surface area contributed by atoms with Gasteiger partial charge in [-0.25, -0.2) is 4.79 Å². The predicted octanol–water partition coefficient (Wildman–Crippen LogP) is 5.59. The van der Waals surface area contributed by atoms with Crippen molar-refractivity contribution in [1.29, 1.82) is 0 Å². The van der Waals surface area contributed by atoms with E-state index in [9.17, 15) is 9.59 Å². The summed E-state index contributed by atoms with van der Waals surface area (Å²) in [4.78, 5) is 27.1. The Morgan fingerprint density at radius 1 is 1.11 bits per heavy atom. The van der Waals surface area contributed by atoms with Crippen LogP contribution in [0.5, 0.6) is 5.75 Å². The number of allylic oxidation sites excluding steroid dienone is 3. The molecule has 1 fully saturated rings. The Balaban J connectivity index is 1.47. The van der Waals surface area contributed by atoms with Crippen molar-refractivity contribution in [3.8, 4) is 5.75 Å². The van der Waals surface area contributed by atoms with Crippen molar-refractivity contribution in [3.63, 3.8) is 0 Å². The van der Waals surface area contributed by atoms with Gasteiger partial charge in [0.1, 0.15) is 19.0 Å². The van der Waals surface area contributed by atoms with Gasteiger partial charge in [-0.2, -0.15) is 0 Å². The second kappa shape index (κ2) is 10.5. The molecule has 2 atom stereocenters. The van der Waals surface area contributed by atoms with Crippen LogP contribution in [0.4, 0.5) is 0 Å². The smallest absolute Gasteiger partial charge is 0.336 e. The Morgan fingerprint density at radius 3 is 2.68 bits per heavy atom. The number of rotatable bonds is 7. The van der Waals surface area contributed by atoms with Gasteiger partial charge in [0.25, 0.3) is 0 Å². The fourth-order valence-electron chi connectivity index (χ4n) is 5.59. The zero-order valence-electron chi connectivity index (χ0n) is 21.8. The summed E-state index contributed by atoms with van der Waals surface area (Å²) >= 11 is 0. The normalized spacial score (nSPS) is 22.9. The van der Waals surface area contributed by atoms with Gasteiger partial charge in [-0.15, -0.1) is 0 Å². The maximum Gasteiger partial charge on any atom is 0.336 e. The Hall–Kier alpha value is -3.38. The lowest BCUT2D eigenvalue weighted by atomic mass is 9.68. The molecular formula is C31H35NO5. The maximum absolute atomic E-state index is 13.5. The predicted molar refractivity (Wildman–Crippen MR) is 141 cm³/mol. The Bertz CT molecular complexity index is 1240. The van der Waals surface area contributed by atoms with E-state index < -0.39 is 11.9 Å². The SMILES string of the molecule is CC1=C(C(=O)OCC2CCCO2)C(c2cccc(OCc3ccccc3)c2)C2=C(CC(C)(C)CC2=O)N1. The summed E-state index contributed by atoms with van der Waals surface area (Å²) in [6, 6.07) is 17.7. The maximum atomic E-state index is 13.5. The van der Waals surface area contributed by atoms with Gasteiger partial charge in [0.15, 0.2) is 5.78 Å². The third-order valence-electron chi connectivity index (χ3n) is 7.32. The van der Waals surface area contributed by atoms with E-state index in [0.29, 0.717) is 36.5 Å². The number of esters is 1. The monoisotopic (exact) mass is 501 g/mol. The van der Waals surface area contributed by atoms with Gasteiger partial charge in [-0.3, -0.25) is 4.79 Å². The van der Waals surface area contributed by atoms with Crippen LogP contribution in [-0.4, -0.2) is 31.1 Å². The minimum absolute atomic E-state index is 0.0660. The molecule has 0 amide bonds.